The van der Waals surface area contributed by atoms with E-state index in [0.717, 1.165) is 6.42 Å². The van der Waals surface area contributed by atoms with Crippen LogP contribution in [0.5, 0.6) is 0 Å². The molecule has 1 fully saturated rings. The predicted octanol–water partition coefficient (Wildman–Crippen LogP) is -0.800. The fourth-order valence-corrected chi connectivity index (χ4v) is 1.71. The summed E-state index contributed by atoms with van der Waals surface area (Å²) in [5.74, 6) is -0.590. The van der Waals surface area contributed by atoms with E-state index in [2.05, 4.69) is 0 Å². The van der Waals surface area contributed by atoms with Crippen molar-refractivity contribution in [2.75, 3.05) is 6.54 Å². The molecule has 4 N–H and O–H groups in total. The third-order valence-corrected chi connectivity index (χ3v) is 2.62. The molecule has 1 aliphatic rings. The summed E-state index contributed by atoms with van der Waals surface area (Å²) in [6.07, 6.45) is 2.08. The zero-order valence-corrected chi connectivity index (χ0v) is 8.40. The summed E-state index contributed by atoms with van der Waals surface area (Å²) in [6.45, 7) is 2.44. The molecule has 1 unspecified atom stereocenters. The van der Waals surface area contributed by atoms with Gasteiger partial charge in [-0.1, -0.05) is 6.92 Å². The second-order valence-corrected chi connectivity index (χ2v) is 3.61. The number of hydrogen-bond donors (Lipinski definition) is 2. The summed E-state index contributed by atoms with van der Waals surface area (Å²) in [4.78, 5) is 24.2. The zero-order chi connectivity index (χ0) is 10.7. The molecular weight excluding hydrogens is 182 g/mol. The smallest absolute Gasteiger partial charge is 0.240 e. The molecule has 80 valence electrons. The number of primary amides is 1. The molecule has 0 saturated carbocycles. The monoisotopic (exact) mass is 199 g/mol. The highest BCUT2D eigenvalue weighted by atomic mass is 16.2. The van der Waals surface area contributed by atoms with Crippen molar-refractivity contribution < 1.29 is 9.59 Å². The minimum Gasteiger partial charge on any atom is -0.368 e. The van der Waals surface area contributed by atoms with E-state index in [0.29, 0.717) is 19.4 Å². The van der Waals surface area contributed by atoms with Gasteiger partial charge in [0.05, 0.1) is 6.04 Å². The van der Waals surface area contributed by atoms with Gasteiger partial charge in [-0.15, -0.1) is 0 Å². The number of amides is 2. The van der Waals surface area contributed by atoms with E-state index in [1.54, 1.807) is 0 Å². The lowest BCUT2D eigenvalue weighted by atomic mass is 10.1. The van der Waals surface area contributed by atoms with E-state index in [-0.39, 0.29) is 5.91 Å². The van der Waals surface area contributed by atoms with Gasteiger partial charge in [-0.05, 0) is 19.3 Å². The highest BCUT2D eigenvalue weighted by Gasteiger charge is 2.34. The second-order valence-electron chi connectivity index (χ2n) is 3.61. The van der Waals surface area contributed by atoms with Crippen LogP contribution < -0.4 is 11.5 Å². The maximum atomic E-state index is 11.7. The maximum absolute atomic E-state index is 11.7. The van der Waals surface area contributed by atoms with E-state index in [4.69, 9.17) is 11.5 Å². The summed E-state index contributed by atoms with van der Waals surface area (Å²) in [5, 5.41) is 0. The third-order valence-electron chi connectivity index (χ3n) is 2.62. The van der Waals surface area contributed by atoms with E-state index < -0.39 is 18.0 Å². The third kappa shape index (κ3) is 2.04. The van der Waals surface area contributed by atoms with E-state index in [1.807, 2.05) is 6.92 Å². The molecule has 0 aliphatic carbocycles. The molecule has 1 heterocycles. The SMILES string of the molecule is CCC(N)C(=O)N1CCC[C@H]1C(N)=O. The Bertz CT molecular complexity index is 242. The Morgan fingerprint density at radius 1 is 1.57 bits per heavy atom. The molecule has 0 spiro atoms. The Hall–Kier alpha value is -1.10. The summed E-state index contributed by atoms with van der Waals surface area (Å²) < 4.78 is 0. The van der Waals surface area contributed by atoms with E-state index >= 15 is 0 Å². The largest absolute Gasteiger partial charge is 0.368 e. The Morgan fingerprint density at radius 2 is 2.21 bits per heavy atom. The number of nitrogens with two attached hydrogens (primary N) is 2. The number of hydrogen-bond acceptors (Lipinski definition) is 3. The number of likely N-dealkylation sites (tertiary alicyclic amines) is 1. The molecule has 0 aromatic carbocycles. The lowest BCUT2D eigenvalue weighted by Gasteiger charge is -2.24. The minimum absolute atomic E-state index is 0.159. The second kappa shape index (κ2) is 4.41. The quantitative estimate of drug-likeness (QED) is 0.623. The van der Waals surface area contributed by atoms with Crippen LogP contribution in [-0.2, 0) is 9.59 Å². The maximum Gasteiger partial charge on any atom is 0.240 e. The minimum atomic E-state index is -0.505. The standard InChI is InChI=1S/C9H17N3O2/c1-2-6(10)9(14)12-5-3-4-7(12)8(11)13/h6-7H,2-5,10H2,1H3,(H2,11,13)/t6?,7-/m0/s1. The average Bonchev–Trinajstić information content (AvgIpc) is 2.63. The molecule has 1 saturated heterocycles. The fourth-order valence-electron chi connectivity index (χ4n) is 1.71. The van der Waals surface area contributed by atoms with E-state index in [9.17, 15) is 9.59 Å². The van der Waals surface area contributed by atoms with Gasteiger partial charge in [0.2, 0.25) is 11.8 Å². The van der Waals surface area contributed by atoms with Crippen molar-refractivity contribution in [3.8, 4) is 0 Å². The summed E-state index contributed by atoms with van der Waals surface area (Å²) in [6, 6.07) is -0.949. The first kappa shape index (κ1) is 11.0. The van der Waals surface area contributed by atoms with Crippen LogP contribution in [0.2, 0.25) is 0 Å². The molecule has 2 amide bonds. The first-order valence-electron chi connectivity index (χ1n) is 4.93. The van der Waals surface area contributed by atoms with E-state index in [1.165, 1.54) is 4.90 Å². The molecule has 1 rings (SSSR count). The number of nitrogens with zero attached hydrogens (tertiary/aromatic N) is 1. The van der Waals surface area contributed by atoms with Gasteiger partial charge < -0.3 is 16.4 Å². The number of rotatable bonds is 3. The Morgan fingerprint density at radius 3 is 2.71 bits per heavy atom. The zero-order valence-electron chi connectivity index (χ0n) is 8.40. The topological polar surface area (TPSA) is 89.4 Å². The summed E-state index contributed by atoms with van der Waals surface area (Å²) >= 11 is 0. The van der Waals surface area contributed by atoms with Crippen LogP contribution >= 0.6 is 0 Å². The highest BCUT2D eigenvalue weighted by molar-refractivity contribution is 5.89. The van der Waals surface area contributed by atoms with Gasteiger partial charge >= 0.3 is 0 Å². The van der Waals surface area contributed by atoms with Crippen LogP contribution in [0.4, 0.5) is 0 Å². The Kier molecular flexibility index (Phi) is 3.46. The summed E-state index contributed by atoms with van der Waals surface area (Å²) in [5.41, 5.74) is 10.8. The van der Waals surface area contributed by atoms with Crippen LogP contribution in [0.3, 0.4) is 0 Å². The number of carbonyl (C=O) groups is 2. The van der Waals surface area contributed by atoms with Crippen molar-refractivity contribution in [2.45, 2.75) is 38.3 Å². The average molecular weight is 199 g/mol. The van der Waals surface area contributed by atoms with Gasteiger partial charge in [0, 0.05) is 6.54 Å². The van der Waals surface area contributed by atoms with Gasteiger partial charge in [0.1, 0.15) is 6.04 Å². The first-order valence-corrected chi connectivity index (χ1v) is 4.93. The van der Waals surface area contributed by atoms with Crippen LogP contribution in [-0.4, -0.2) is 35.3 Å². The molecule has 5 heteroatoms. The fraction of sp³-hybridized carbons (Fsp3) is 0.778. The van der Waals surface area contributed by atoms with Crippen LogP contribution in [0.15, 0.2) is 0 Å². The van der Waals surface area contributed by atoms with Crippen LogP contribution in [0, 0.1) is 0 Å². The van der Waals surface area contributed by atoms with Gasteiger partial charge in [-0.25, -0.2) is 0 Å². The molecule has 5 nitrogen and oxygen atoms in total. The number of carbonyl (C=O) groups excluding carboxylic acids is 2. The van der Waals surface area contributed by atoms with Crippen LogP contribution in [0.1, 0.15) is 26.2 Å². The lowest BCUT2D eigenvalue weighted by molar-refractivity contribution is -0.138. The Labute approximate surface area is 83.4 Å². The normalized spacial score (nSPS) is 23.6. The van der Waals surface area contributed by atoms with Gasteiger partial charge in [-0.3, -0.25) is 9.59 Å². The van der Waals surface area contributed by atoms with Crippen molar-refractivity contribution in [3.05, 3.63) is 0 Å². The van der Waals surface area contributed by atoms with Crippen molar-refractivity contribution in [2.24, 2.45) is 11.5 Å². The Balaban J connectivity index is 2.67. The lowest BCUT2D eigenvalue weighted by Crippen LogP contribution is -2.49. The molecule has 0 aromatic heterocycles. The van der Waals surface area contributed by atoms with Crippen molar-refractivity contribution in [1.82, 2.24) is 4.90 Å². The van der Waals surface area contributed by atoms with Crippen molar-refractivity contribution >= 4 is 11.8 Å². The molecule has 1 aliphatic heterocycles. The molecule has 0 radical (unpaired) electrons. The highest BCUT2D eigenvalue weighted by Crippen LogP contribution is 2.17. The van der Waals surface area contributed by atoms with Gasteiger partial charge in [0.25, 0.3) is 0 Å². The molecule has 0 aromatic rings. The predicted molar refractivity (Wildman–Crippen MR) is 52.2 cm³/mol. The molecule has 2 atom stereocenters. The first-order chi connectivity index (χ1) is 6.57. The molecule has 0 bridgehead atoms. The molecule has 14 heavy (non-hydrogen) atoms. The van der Waals surface area contributed by atoms with Gasteiger partial charge in [0.15, 0.2) is 0 Å². The van der Waals surface area contributed by atoms with Crippen LogP contribution in [0.25, 0.3) is 0 Å². The van der Waals surface area contributed by atoms with Crippen molar-refractivity contribution in [1.29, 1.82) is 0 Å². The van der Waals surface area contributed by atoms with Gasteiger partial charge in [-0.2, -0.15) is 0 Å². The molecular formula is C9H17N3O2. The van der Waals surface area contributed by atoms with Crippen molar-refractivity contribution in [3.63, 3.8) is 0 Å². The summed E-state index contributed by atoms with van der Waals surface area (Å²) in [7, 11) is 0.